The summed E-state index contributed by atoms with van der Waals surface area (Å²) in [5.41, 5.74) is 0.956. The quantitative estimate of drug-likeness (QED) is 0.772. The van der Waals surface area contributed by atoms with E-state index < -0.39 is 16.1 Å². The third kappa shape index (κ3) is 3.97. The van der Waals surface area contributed by atoms with Crippen LogP contribution in [0.4, 0.5) is 0 Å². The molecule has 25 heavy (non-hydrogen) atoms. The van der Waals surface area contributed by atoms with Crippen LogP contribution in [0, 0.1) is 6.92 Å². The van der Waals surface area contributed by atoms with Gasteiger partial charge in [0.25, 0.3) is 10.0 Å². The lowest BCUT2D eigenvalue weighted by Gasteiger charge is -2.22. The van der Waals surface area contributed by atoms with Crippen molar-refractivity contribution in [3.63, 3.8) is 0 Å². The Morgan fingerprint density at radius 1 is 1.32 bits per heavy atom. The van der Waals surface area contributed by atoms with E-state index in [2.05, 4.69) is 21.2 Å². The van der Waals surface area contributed by atoms with Gasteiger partial charge in [-0.15, -0.1) is 11.3 Å². The molecule has 0 radical (unpaired) electrons. The molecule has 134 valence electrons. The van der Waals surface area contributed by atoms with Crippen LogP contribution in [-0.4, -0.2) is 31.2 Å². The van der Waals surface area contributed by atoms with Crippen molar-refractivity contribution < 1.29 is 13.2 Å². The minimum absolute atomic E-state index is 0.245. The van der Waals surface area contributed by atoms with Crippen LogP contribution in [0.25, 0.3) is 0 Å². The van der Waals surface area contributed by atoms with E-state index in [9.17, 15) is 13.2 Å². The summed E-state index contributed by atoms with van der Waals surface area (Å²) in [6, 6.07) is 10.4. The molecule has 5 nitrogen and oxygen atoms in total. The van der Waals surface area contributed by atoms with E-state index in [-0.39, 0.29) is 5.91 Å². The Labute approximate surface area is 160 Å². The number of amides is 1. The molecule has 2 aromatic rings. The van der Waals surface area contributed by atoms with Crippen molar-refractivity contribution in [3.8, 4) is 0 Å². The number of thiophene rings is 1. The van der Waals surface area contributed by atoms with Gasteiger partial charge in [0.15, 0.2) is 0 Å². The number of rotatable bonds is 5. The minimum Gasteiger partial charge on any atom is -0.351 e. The molecule has 0 bridgehead atoms. The lowest BCUT2D eigenvalue weighted by molar-refractivity contribution is -0.124. The van der Waals surface area contributed by atoms with Crippen molar-refractivity contribution in [2.75, 3.05) is 6.54 Å². The Kier molecular flexibility index (Phi) is 5.62. The van der Waals surface area contributed by atoms with Crippen LogP contribution in [0.1, 0.15) is 23.3 Å². The molecule has 1 saturated heterocycles. The predicted molar refractivity (Wildman–Crippen MR) is 102 cm³/mol. The van der Waals surface area contributed by atoms with Crippen LogP contribution < -0.4 is 5.32 Å². The Balaban J connectivity index is 1.73. The molecule has 1 aromatic carbocycles. The number of hydrogen-bond donors (Lipinski definition) is 1. The highest BCUT2D eigenvalue weighted by Crippen LogP contribution is 2.30. The topological polar surface area (TPSA) is 66.5 Å². The highest BCUT2D eigenvalue weighted by Gasteiger charge is 2.39. The first-order valence-corrected chi connectivity index (χ1v) is 11.0. The molecule has 3 rings (SSSR count). The maximum Gasteiger partial charge on any atom is 0.253 e. The fraction of sp³-hybridized carbons (Fsp3) is 0.353. The van der Waals surface area contributed by atoms with Gasteiger partial charge in [-0.1, -0.05) is 34.1 Å². The molecule has 1 amide bonds. The summed E-state index contributed by atoms with van der Waals surface area (Å²) >= 11 is 4.69. The second kappa shape index (κ2) is 7.57. The van der Waals surface area contributed by atoms with Crippen molar-refractivity contribution in [2.45, 2.75) is 36.6 Å². The van der Waals surface area contributed by atoms with Gasteiger partial charge < -0.3 is 5.32 Å². The van der Waals surface area contributed by atoms with Crippen LogP contribution in [0.2, 0.25) is 0 Å². The van der Waals surface area contributed by atoms with Gasteiger partial charge in [-0.2, -0.15) is 4.31 Å². The van der Waals surface area contributed by atoms with E-state index in [0.29, 0.717) is 30.1 Å². The number of benzene rings is 1. The van der Waals surface area contributed by atoms with Crippen LogP contribution in [0.3, 0.4) is 0 Å². The number of aryl methyl sites for hydroxylation is 1. The highest BCUT2D eigenvalue weighted by molar-refractivity contribution is 9.10. The van der Waals surface area contributed by atoms with E-state index in [1.54, 1.807) is 12.1 Å². The number of carbonyl (C=O) groups is 1. The molecular formula is C17H19BrN2O3S2. The standard InChI is InChI=1S/C17H19BrN2O3S2/c1-12-8-9-16(24-12)25(22,23)20-10-4-7-15(20)17(21)19-11-13-5-2-3-6-14(13)18/h2-3,5-6,8-9,15H,4,7,10-11H2,1H3,(H,19,21)/t15-/m0/s1. The minimum atomic E-state index is -3.62. The number of sulfonamides is 1. The summed E-state index contributed by atoms with van der Waals surface area (Å²) in [6.07, 6.45) is 1.24. The van der Waals surface area contributed by atoms with Gasteiger partial charge in [-0.25, -0.2) is 8.42 Å². The Morgan fingerprint density at radius 2 is 2.08 bits per heavy atom. The number of nitrogens with zero attached hydrogens (tertiary/aromatic N) is 1. The van der Waals surface area contributed by atoms with Gasteiger partial charge in [0.2, 0.25) is 5.91 Å². The van der Waals surface area contributed by atoms with Crippen molar-refractivity contribution in [3.05, 3.63) is 51.3 Å². The first-order chi connectivity index (χ1) is 11.9. The zero-order valence-electron chi connectivity index (χ0n) is 13.7. The zero-order valence-corrected chi connectivity index (χ0v) is 17.0. The molecular weight excluding hydrogens is 424 g/mol. The molecule has 0 spiro atoms. The SMILES string of the molecule is Cc1ccc(S(=O)(=O)N2CCC[C@H]2C(=O)NCc2ccccc2Br)s1. The van der Waals surface area contributed by atoms with E-state index in [1.807, 2.05) is 31.2 Å². The lowest BCUT2D eigenvalue weighted by atomic mass is 10.2. The second-order valence-electron chi connectivity index (χ2n) is 5.95. The van der Waals surface area contributed by atoms with E-state index >= 15 is 0 Å². The molecule has 0 saturated carbocycles. The first kappa shape index (κ1) is 18.6. The van der Waals surface area contributed by atoms with Crippen molar-refractivity contribution in [2.24, 2.45) is 0 Å². The predicted octanol–water partition coefficient (Wildman–Crippen LogP) is 3.29. The first-order valence-electron chi connectivity index (χ1n) is 7.99. The van der Waals surface area contributed by atoms with Gasteiger partial charge in [-0.3, -0.25) is 4.79 Å². The third-order valence-corrected chi connectivity index (χ3v) is 8.35. The maximum atomic E-state index is 12.8. The maximum absolute atomic E-state index is 12.8. The zero-order chi connectivity index (χ0) is 18.0. The van der Waals surface area contributed by atoms with E-state index in [4.69, 9.17) is 0 Å². The van der Waals surface area contributed by atoms with Crippen molar-refractivity contribution in [1.82, 2.24) is 9.62 Å². The van der Waals surface area contributed by atoms with Crippen LogP contribution in [0.15, 0.2) is 45.1 Å². The normalized spacial score (nSPS) is 18.4. The summed E-state index contributed by atoms with van der Waals surface area (Å²) in [4.78, 5) is 13.5. The Bertz CT molecular complexity index is 880. The van der Waals surface area contributed by atoms with Crippen molar-refractivity contribution in [1.29, 1.82) is 0 Å². The molecule has 0 unspecified atom stereocenters. The molecule has 1 atom stereocenters. The average Bonchev–Trinajstić information content (AvgIpc) is 3.23. The fourth-order valence-corrected chi connectivity index (χ4v) is 6.39. The molecule has 1 aliphatic heterocycles. The highest BCUT2D eigenvalue weighted by atomic mass is 79.9. The van der Waals surface area contributed by atoms with Gasteiger partial charge in [0.05, 0.1) is 0 Å². The summed E-state index contributed by atoms with van der Waals surface area (Å²) in [6.45, 7) is 2.62. The number of halogens is 1. The smallest absolute Gasteiger partial charge is 0.253 e. The van der Waals surface area contributed by atoms with Crippen LogP contribution in [0.5, 0.6) is 0 Å². The van der Waals surface area contributed by atoms with Crippen LogP contribution in [-0.2, 0) is 21.4 Å². The molecule has 0 aliphatic carbocycles. The van der Waals surface area contributed by atoms with Gasteiger partial charge in [0.1, 0.15) is 10.3 Å². The summed E-state index contributed by atoms with van der Waals surface area (Å²) in [7, 11) is -3.62. The number of hydrogen-bond acceptors (Lipinski definition) is 4. The molecule has 1 aliphatic rings. The average molecular weight is 443 g/mol. The molecule has 1 N–H and O–H groups in total. The summed E-state index contributed by atoms with van der Waals surface area (Å²) in [5.74, 6) is -0.245. The second-order valence-corrected chi connectivity index (χ2v) is 10.2. The largest absolute Gasteiger partial charge is 0.351 e. The summed E-state index contributed by atoms with van der Waals surface area (Å²) in [5, 5.41) is 2.87. The van der Waals surface area contributed by atoms with E-state index in [1.165, 1.54) is 15.6 Å². The van der Waals surface area contributed by atoms with Gasteiger partial charge >= 0.3 is 0 Å². The number of nitrogens with one attached hydrogen (secondary N) is 1. The van der Waals surface area contributed by atoms with Gasteiger partial charge in [-0.05, 0) is 43.5 Å². The molecule has 1 aromatic heterocycles. The Morgan fingerprint density at radius 3 is 2.76 bits per heavy atom. The number of carbonyl (C=O) groups excluding carboxylic acids is 1. The van der Waals surface area contributed by atoms with Gasteiger partial charge in [0, 0.05) is 22.4 Å². The lowest BCUT2D eigenvalue weighted by Crippen LogP contribution is -2.45. The molecule has 1 fully saturated rings. The van der Waals surface area contributed by atoms with Crippen molar-refractivity contribution >= 4 is 43.2 Å². The fourth-order valence-electron chi connectivity index (χ4n) is 2.90. The molecule has 2 heterocycles. The monoisotopic (exact) mass is 442 g/mol. The third-order valence-electron chi connectivity index (χ3n) is 4.20. The summed E-state index contributed by atoms with van der Waals surface area (Å²) < 4.78 is 28.2. The molecule has 8 heteroatoms. The Hall–Kier alpha value is -1.22. The van der Waals surface area contributed by atoms with Crippen LogP contribution >= 0.6 is 27.3 Å². The van der Waals surface area contributed by atoms with E-state index in [0.717, 1.165) is 14.9 Å².